The number of hydrogen-bond donors (Lipinski definition) is 3. The molecule has 4 N–H and O–H groups in total. The molecule has 1 aromatic carbocycles. The standard InChI is InChI=1S/C13H15N5O/c1-15-12(14)18-13(19)17-8-11-10-5-3-2-4-9(10)6-7-16-11/h2-7H,8H2,1H3,(H4,14,15,17,18,19). The third kappa shape index (κ3) is 3.19. The van der Waals surface area contributed by atoms with Gasteiger partial charge in [-0.15, -0.1) is 0 Å². The Hall–Kier alpha value is -2.63. The number of urea groups is 1. The zero-order valence-electron chi connectivity index (χ0n) is 10.6. The van der Waals surface area contributed by atoms with Gasteiger partial charge in [-0.05, 0) is 11.5 Å². The van der Waals surface area contributed by atoms with Crippen molar-refractivity contribution in [2.75, 3.05) is 7.05 Å². The number of carbonyl (C=O) groups excluding carboxylic acids is 1. The van der Waals surface area contributed by atoms with Crippen LogP contribution in [0.1, 0.15) is 5.69 Å². The third-order valence-electron chi connectivity index (χ3n) is 2.66. The highest BCUT2D eigenvalue weighted by Gasteiger charge is 2.05. The summed E-state index contributed by atoms with van der Waals surface area (Å²) in [6.07, 6.45) is 1.72. The van der Waals surface area contributed by atoms with Crippen LogP contribution >= 0.6 is 0 Å². The van der Waals surface area contributed by atoms with Crippen molar-refractivity contribution in [1.82, 2.24) is 15.6 Å². The zero-order chi connectivity index (χ0) is 13.7. The molecule has 0 atom stereocenters. The Morgan fingerprint density at radius 1 is 1.37 bits per heavy atom. The smallest absolute Gasteiger partial charge is 0.321 e. The first-order valence-electron chi connectivity index (χ1n) is 5.80. The van der Waals surface area contributed by atoms with Crippen LogP contribution in [0.2, 0.25) is 0 Å². The van der Waals surface area contributed by atoms with Crippen molar-refractivity contribution >= 4 is 22.8 Å². The molecule has 0 spiro atoms. The molecule has 1 aromatic heterocycles. The second kappa shape index (κ2) is 5.81. The van der Waals surface area contributed by atoms with E-state index >= 15 is 0 Å². The van der Waals surface area contributed by atoms with Crippen LogP contribution in [-0.2, 0) is 6.54 Å². The van der Waals surface area contributed by atoms with Gasteiger partial charge in [-0.2, -0.15) is 0 Å². The van der Waals surface area contributed by atoms with E-state index in [4.69, 9.17) is 5.73 Å². The summed E-state index contributed by atoms with van der Waals surface area (Å²) in [7, 11) is 1.50. The van der Waals surface area contributed by atoms with Gasteiger partial charge in [0, 0.05) is 18.6 Å². The van der Waals surface area contributed by atoms with Crippen molar-refractivity contribution in [3.8, 4) is 0 Å². The average Bonchev–Trinajstić information content (AvgIpc) is 2.44. The van der Waals surface area contributed by atoms with Crippen LogP contribution < -0.4 is 16.4 Å². The molecule has 2 rings (SSSR count). The summed E-state index contributed by atoms with van der Waals surface area (Å²) in [6.45, 7) is 0.324. The minimum atomic E-state index is -0.405. The summed E-state index contributed by atoms with van der Waals surface area (Å²) < 4.78 is 0. The number of nitrogens with zero attached hydrogens (tertiary/aromatic N) is 2. The maximum Gasteiger partial charge on any atom is 0.321 e. The number of fused-ring (bicyclic) bond motifs is 1. The molecule has 0 saturated heterocycles. The number of benzene rings is 1. The van der Waals surface area contributed by atoms with E-state index in [0.29, 0.717) is 6.54 Å². The van der Waals surface area contributed by atoms with E-state index in [1.807, 2.05) is 30.3 Å². The Labute approximate surface area is 110 Å². The molecule has 2 amide bonds. The molecule has 0 unspecified atom stereocenters. The molecule has 0 aliphatic carbocycles. The number of aliphatic imine (C=N–C) groups is 1. The van der Waals surface area contributed by atoms with Crippen molar-refractivity contribution < 1.29 is 4.79 Å². The van der Waals surface area contributed by atoms with Crippen molar-refractivity contribution in [2.24, 2.45) is 10.7 Å². The molecule has 0 bridgehead atoms. The number of pyridine rings is 1. The van der Waals surface area contributed by atoms with E-state index in [1.54, 1.807) is 6.20 Å². The van der Waals surface area contributed by atoms with Gasteiger partial charge >= 0.3 is 6.03 Å². The van der Waals surface area contributed by atoms with Crippen molar-refractivity contribution in [3.05, 3.63) is 42.2 Å². The van der Waals surface area contributed by atoms with Crippen LogP contribution in [0.5, 0.6) is 0 Å². The Morgan fingerprint density at radius 2 is 2.16 bits per heavy atom. The molecule has 6 nitrogen and oxygen atoms in total. The van der Waals surface area contributed by atoms with Gasteiger partial charge in [0.25, 0.3) is 0 Å². The first-order chi connectivity index (χ1) is 9.20. The Bertz CT molecular complexity index is 618. The van der Waals surface area contributed by atoms with Gasteiger partial charge in [0.15, 0.2) is 5.96 Å². The molecule has 98 valence electrons. The fraction of sp³-hybridized carbons (Fsp3) is 0.154. The van der Waals surface area contributed by atoms with Crippen LogP contribution in [0.25, 0.3) is 10.8 Å². The Balaban J connectivity index is 2.08. The number of aromatic nitrogens is 1. The average molecular weight is 257 g/mol. The maximum atomic E-state index is 11.5. The quantitative estimate of drug-likeness (QED) is 0.553. The summed E-state index contributed by atoms with van der Waals surface area (Å²) in [5.41, 5.74) is 6.20. The minimum absolute atomic E-state index is 0.0726. The lowest BCUT2D eigenvalue weighted by Gasteiger charge is -2.08. The van der Waals surface area contributed by atoms with Crippen LogP contribution in [0.4, 0.5) is 4.79 Å². The highest BCUT2D eigenvalue weighted by molar-refractivity contribution is 5.95. The van der Waals surface area contributed by atoms with Crippen LogP contribution in [-0.4, -0.2) is 24.0 Å². The maximum absolute atomic E-state index is 11.5. The molecule has 2 aromatic rings. The summed E-state index contributed by atoms with van der Waals surface area (Å²) in [4.78, 5) is 19.4. The first kappa shape index (κ1) is 12.8. The summed E-state index contributed by atoms with van der Waals surface area (Å²) in [6, 6.07) is 9.40. The monoisotopic (exact) mass is 257 g/mol. The zero-order valence-corrected chi connectivity index (χ0v) is 10.6. The SMILES string of the molecule is CN=C(N)NC(=O)NCc1nccc2ccccc12. The van der Waals surface area contributed by atoms with Gasteiger partial charge in [-0.3, -0.25) is 15.3 Å². The Kier molecular flexibility index (Phi) is 3.92. The highest BCUT2D eigenvalue weighted by atomic mass is 16.2. The van der Waals surface area contributed by atoms with Gasteiger partial charge in [-0.1, -0.05) is 24.3 Å². The van der Waals surface area contributed by atoms with E-state index in [0.717, 1.165) is 16.5 Å². The molecule has 0 radical (unpaired) electrons. The van der Waals surface area contributed by atoms with E-state index < -0.39 is 6.03 Å². The fourth-order valence-electron chi connectivity index (χ4n) is 1.70. The van der Waals surface area contributed by atoms with Crippen molar-refractivity contribution in [1.29, 1.82) is 0 Å². The number of carbonyl (C=O) groups is 1. The lowest BCUT2D eigenvalue weighted by Crippen LogP contribution is -2.43. The van der Waals surface area contributed by atoms with Crippen LogP contribution in [0.15, 0.2) is 41.5 Å². The topological polar surface area (TPSA) is 92.4 Å². The first-order valence-corrected chi connectivity index (χ1v) is 5.80. The van der Waals surface area contributed by atoms with E-state index in [-0.39, 0.29) is 5.96 Å². The number of rotatable bonds is 2. The molecule has 0 aliphatic heterocycles. The predicted octanol–water partition coefficient (Wildman–Crippen LogP) is 0.979. The minimum Gasteiger partial charge on any atom is -0.370 e. The van der Waals surface area contributed by atoms with Crippen molar-refractivity contribution in [3.63, 3.8) is 0 Å². The van der Waals surface area contributed by atoms with Gasteiger partial charge in [0.05, 0.1) is 12.2 Å². The second-order valence-electron chi connectivity index (χ2n) is 3.90. The largest absolute Gasteiger partial charge is 0.370 e. The molecule has 6 heteroatoms. The summed E-state index contributed by atoms with van der Waals surface area (Å²) in [5, 5.41) is 7.18. The summed E-state index contributed by atoms with van der Waals surface area (Å²) in [5.74, 6) is 0.0726. The molecular weight excluding hydrogens is 242 g/mol. The van der Waals surface area contributed by atoms with Gasteiger partial charge in [0.1, 0.15) is 0 Å². The number of nitrogens with one attached hydrogen (secondary N) is 2. The number of guanidine groups is 1. The molecular formula is C13H15N5O. The fourth-order valence-corrected chi connectivity index (χ4v) is 1.70. The second-order valence-corrected chi connectivity index (χ2v) is 3.90. The van der Waals surface area contributed by atoms with E-state index in [2.05, 4.69) is 20.6 Å². The number of nitrogens with two attached hydrogens (primary N) is 1. The highest BCUT2D eigenvalue weighted by Crippen LogP contribution is 2.15. The van der Waals surface area contributed by atoms with Gasteiger partial charge in [0.2, 0.25) is 0 Å². The van der Waals surface area contributed by atoms with Gasteiger partial charge in [-0.25, -0.2) is 4.79 Å². The molecule has 0 aliphatic rings. The van der Waals surface area contributed by atoms with E-state index in [1.165, 1.54) is 7.05 Å². The lowest BCUT2D eigenvalue weighted by molar-refractivity contribution is 0.244. The van der Waals surface area contributed by atoms with E-state index in [9.17, 15) is 4.79 Å². The predicted molar refractivity (Wildman–Crippen MR) is 74.7 cm³/mol. The third-order valence-corrected chi connectivity index (χ3v) is 2.66. The normalized spacial score (nSPS) is 11.3. The van der Waals surface area contributed by atoms with Gasteiger partial charge < -0.3 is 11.1 Å². The molecule has 0 saturated carbocycles. The van der Waals surface area contributed by atoms with Crippen molar-refractivity contribution in [2.45, 2.75) is 6.54 Å². The lowest BCUT2D eigenvalue weighted by atomic mass is 10.1. The molecule has 0 fully saturated rings. The van der Waals surface area contributed by atoms with Crippen LogP contribution in [0.3, 0.4) is 0 Å². The summed E-state index contributed by atoms with van der Waals surface area (Å²) >= 11 is 0. The Morgan fingerprint density at radius 3 is 2.95 bits per heavy atom. The number of hydrogen-bond acceptors (Lipinski definition) is 3. The molecule has 1 heterocycles. The number of amides is 2. The van der Waals surface area contributed by atoms with Crippen LogP contribution in [0, 0.1) is 0 Å². The molecule has 19 heavy (non-hydrogen) atoms.